The van der Waals surface area contributed by atoms with Crippen molar-refractivity contribution >= 4 is 17.5 Å². The maximum atomic E-state index is 11.9. The summed E-state index contributed by atoms with van der Waals surface area (Å²) in [6.45, 7) is 0. The molecule has 0 radical (unpaired) electrons. The van der Waals surface area contributed by atoms with E-state index in [1.807, 2.05) is 18.2 Å². The number of phenols is 1. The highest BCUT2D eigenvalue weighted by atomic mass is 32.2. The third-order valence-electron chi connectivity index (χ3n) is 2.76. The minimum absolute atomic E-state index is 0.00626. The SMILES string of the molecule is O=C(CCCSc1ccccc1)c1ccccc1O. The Hall–Kier alpha value is -1.74. The number of hydrogen-bond donors (Lipinski definition) is 1. The second kappa shape index (κ2) is 7.00. The zero-order valence-corrected chi connectivity index (χ0v) is 11.4. The summed E-state index contributed by atoms with van der Waals surface area (Å²) in [6, 6.07) is 16.8. The van der Waals surface area contributed by atoms with Gasteiger partial charge in [-0.25, -0.2) is 0 Å². The van der Waals surface area contributed by atoms with Gasteiger partial charge in [0.15, 0.2) is 5.78 Å². The number of thioether (sulfide) groups is 1. The van der Waals surface area contributed by atoms with Crippen LogP contribution in [0.3, 0.4) is 0 Å². The van der Waals surface area contributed by atoms with Gasteiger partial charge in [-0.3, -0.25) is 4.79 Å². The van der Waals surface area contributed by atoms with Gasteiger partial charge in [0.25, 0.3) is 0 Å². The van der Waals surface area contributed by atoms with Crippen LogP contribution in [0.25, 0.3) is 0 Å². The van der Waals surface area contributed by atoms with Crippen LogP contribution in [0, 0.1) is 0 Å². The third-order valence-corrected chi connectivity index (χ3v) is 3.86. The number of aromatic hydroxyl groups is 1. The smallest absolute Gasteiger partial charge is 0.166 e. The summed E-state index contributed by atoms with van der Waals surface area (Å²) in [5.41, 5.74) is 0.423. The van der Waals surface area contributed by atoms with E-state index in [9.17, 15) is 9.90 Å². The number of phenolic OH excluding ortho intramolecular Hbond substituents is 1. The molecule has 0 aliphatic heterocycles. The van der Waals surface area contributed by atoms with Crippen molar-refractivity contribution in [3.8, 4) is 5.75 Å². The van der Waals surface area contributed by atoms with Crippen LogP contribution in [0.2, 0.25) is 0 Å². The van der Waals surface area contributed by atoms with E-state index in [0.29, 0.717) is 12.0 Å². The first-order chi connectivity index (χ1) is 9.27. The second-order valence-electron chi connectivity index (χ2n) is 4.21. The topological polar surface area (TPSA) is 37.3 Å². The van der Waals surface area contributed by atoms with Gasteiger partial charge in [-0.2, -0.15) is 0 Å². The molecule has 0 fully saturated rings. The van der Waals surface area contributed by atoms with E-state index >= 15 is 0 Å². The van der Waals surface area contributed by atoms with Crippen LogP contribution in [0.5, 0.6) is 5.75 Å². The van der Waals surface area contributed by atoms with Gasteiger partial charge in [-0.05, 0) is 36.4 Å². The van der Waals surface area contributed by atoms with Gasteiger partial charge in [0.1, 0.15) is 5.75 Å². The largest absolute Gasteiger partial charge is 0.507 e. The van der Waals surface area contributed by atoms with Gasteiger partial charge >= 0.3 is 0 Å². The van der Waals surface area contributed by atoms with E-state index in [-0.39, 0.29) is 11.5 Å². The third kappa shape index (κ3) is 4.14. The Bertz CT molecular complexity index is 537. The Morgan fingerprint density at radius 1 is 1.00 bits per heavy atom. The van der Waals surface area contributed by atoms with Crippen molar-refractivity contribution < 1.29 is 9.90 Å². The van der Waals surface area contributed by atoms with Gasteiger partial charge in [0.2, 0.25) is 0 Å². The predicted molar refractivity (Wildman–Crippen MR) is 78.8 cm³/mol. The lowest BCUT2D eigenvalue weighted by molar-refractivity contribution is 0.0979. The summed E-state index contributed by atoms with van der Waals surface area (Å²) in [7, 11) is 0. The molecule has 0 aliphatic rings. The van der Waals surface area contributed by atoms with Gasteiger partial charge < -0.3 is 5.11 Å². The molecule has 2 nitrogen and oxygen atoms in total. The molecule has 2 aromatic rings. The summed E-state index contributed by atoms with van der Waals surface area (Å²) >= 11 is 1.75. The van der Waals surface area contributed by atoms with Gasteiger partial charge in [-0.1, -0.05) is 30.3 Å². The van der Waals surface area contributed by atoms with Crippen molar-refractivity contribution in [2.24, 2.45) is 0 Å². The molecule has 0 saturated heterocycles. The molecule has 3 heteroatoms. The number of ketones is 1. The summed E-state index contributed by atoms with van der Waals surface area (Å²) in [4.78, 5) is 13.1. The molecule has 2 aromatic carbocycles. The summed E-state index contributed by atoms with van der Waals surface area (Å²) in [6.07, 6.45) is 1.28. The molecule has 1 N–H and O–H groups in total. The standard InChI is InChI=1S/C16H16O2S/c17-15-10-5-4-9-14(15)16(18)11-6-12-19-13-7-2-1-3-8-13/h1-5,7-10,17H,6,11-12H2. The fraction of sp³-hybridized carbons (Fsp3) is 0.188. The fourth-order valence-corrected chi connectivity index (χ4v) is 2.66. The first-order valence-electron chi connectivity index (χ1n) is 6.26. The van der Waals surface area contributed by atoms with Crippen LogP contribution >= 0.6 is 11.8 Å². The van der Waals surface area contributed by atoms with Crippen molar-refractivity contribution in [3.63, 3.8) is 0 Å². The molecule has 0 atom stereocenters. The van der Waals surface area contributed by atoms with Crippen LogP contribution in [0.15, 0.2) is 59.5 Å². The number of carbonyl (C=O) groups excluding carboxylic acids is 1. The molecule has 0 aliphatic carbocycles. The molecule has 0 aromatic heterocycles. The fourth-order valence-electron chi connectivity index (χ4n) is 1.78. The van der Waals surface area contributed by atoms with E-state index in [4.69, 9.17) is 0 Å². The Morgan fingerprint density at radius 3 is 2.42 bits per heavy atom. The number of rotatable bonds is 6. The normalized spacial score (nSPS) is 10.3. The van der Waals surface area contributed by atoms with Crippen molar-refractivity contribution in [2.45, 2.75) is 17.7 Å². The summed E-state index contributed by atoms with van der Waals surface area (Å²) < 4.78 is 0. The van der Waals surface area contributed by atoms with E-state index in [0.717, 1.165) is 12.2 Å². The number of carbonyl (C=O) groups is 1. The lowest BCUT2D eigenvalue weighted by Crippen LogP contribution is -1.99. The molecular weight excluding hydrogens is 256 g/mol. The first-order valence-corrected chi connectivity index (χ1v) is 7.25. The Kier molecular flexibility index (Phi) is 5.04. The van der Waals surface area contributed by atoms with Crippen LogP contribution in [-0.2, 0) is 0 Å². The van der Waals surface area contributed by atoms with E-state index in [1.165, 1.54) is 4.90 Å². The quantitative estimate of drug-likeness (QED) is 0.487. The van der Waals surface area contributed by atoms with Crippen molar-refractivity contribution in [3.05, 3.63) is 60.2 Å². The summed E-state index contributed by atoms with van der Waals surface area (Å²) in [5.74, 6) is 0.985. The molecular formula is C16H16O2S. The van der Waals surface area contributed by atoms with Crippen molar-refractivity contribution in [2.75, 3.05) is 5.75 Å². The highest BCUT2D eigenvalue weighted by molar-refractivity contribution is 7.99. The molecule has 2 rings (SSSR count). The minimum atomic E-state index is 0.00626. The number of Topliss-reactive ketones (excluding diaryl/α,β-unsaturated/α-hetero) is 1. The molecule has 19 heavy (non-hydrogen) atoms. The zero-order valence-electron chi connectivity index (χ0n) is 10.6. The van der Waals surface area contributed by atoms with Crippen molar-refractivity contribution in [1.82, 2.24) is 0 Å². The molecule has 0 heterocycles. The average molecular weight is 272 g/mol. The van der Waals surface area contributed by atoms with E-state index in [2.05, 4.69) is 12.1 Å². The monoisotopic (exact) mass is 272 g/mol. The van der Waals surface area contributed by atoms with Gasteiger partial charge in [-0.15, -0.1) is 11.8 Å². The Morgan fingerprint density at radius 2 is 1.68 bits per heavy atom. The Labute approximate surface area is 117 Å². The van der Waals surface area contributed by atoms with Crippen LogP contribution < -0.4 is 0 Å². The second-order valence-corrected chi connectivity index (χ2v) is 5.37. The summed E-state index contributed by atoms with van der Waals surface area (Å²) in [5, 5.41) is 9.59. The lowest BCUT2D eigenvalue weighted by atomic mass is 10.1. The molecule has 0 bridgehead atoms. The number of para-hydroxylation sites is 1. The molecule has 0 spiro atoms. The zero-order chi connectivity index (χ0) is 13.5. The van der Waals surface area contributed by atoms with Crippen LogP contribution in [0.4, 0.5) is 0 Å². The lowest BCUT2D eigenvalue weighted by Gasteiger charge is -2.04. The highest BCUT2D eigenvalue weighted by Crippen LogP contribution is 2.21. The minimum Gasteiger partial charge on any atom is -0.507 e. The van der Waals surface area contributed by atoms with Gasteiger partial charge in [0.05, 0.1) is 5.56 Å². The Balaban J connectivity index is 1.77. The molecule has 0 saturated carbocycles. The maximum absolute atomic E-state index is 11.9. The van der Waals surface area contributed by atoms with E-state index < -0.39 is 0 Å². The number of hydrogen-bond acceptors (Lipinski definition) is 3. The predicted octanol–water partition coefficient (Wildman–Crippen LogP) is 4.15. The van der Waals surface area contributed by atoms with Crippen LogP contribution in [-0.4, -0.2) is 16.6 Å². The first kappa shape index (κ1) is 13.7. The van der Waals surface area contributed by atoms with Gasteiger partial charge in [0, 0.05) is 11.3 Å². The van der Waals surface area contributed by atoms with Crippen LogP contribution in [0.1, 0.15) is 23.2 Å². The van der Waals surface area contributed by atoms with Crippen molar-refractivity contribution in [1.29, 1.82) is 0 Å². The molecule has 0 amide bonds. The maximum Gasteiger partial charge on any atom is 0.166 e. The average Bonchev–Trinajstić information content (AvgIpc) is 2.45. The van der Waals surface area contributed by atoms with E-state index in [1.54, 1.807) is 36.0 Å². The highest BCUT2D eigenvalue weighted by Gasteiger charge is 2.09. The number of benzene rings is 2. The molecule has 98 valence electrons. The molecule has 0 unspecified atom stereocenters.